The van der Waals surface area contributed by atoms with E-state index in [9.17, 15) is 0 Å². The standard InChI is InChI=1S/C14H14IP/c1-9-5-3-7-11(15)13(9)14-10(2)6-4-8-12(14)16/h3-8H,16H2,1-2H3. The average molecular weight is 340 g/mol. The molecule has 0 saturated carbocycles. The van der Waals surface area contributed by atoms with Crippen molar-refractivity contribution in [1.82, 2.24) is 0 Å². The number of benzene rings is 2. The lowest BCUT2D eigenvalue weighted by atomic mass is 9.97. The maximum Gasteiger partial charge on any atom is 0.0211 e. The Hall–Kier alpha value is -0.400. The Bertz CT molecular complexity index is 442. The zero-order valence-corrected chi connectivity index (χ0v) is 12.7. The first-order valence-corrected chi connectivity index (χ1v) is 6.87. The number of hydrogen-bond donors (Lipinski definition) is 0. The molecule has 0 amide bonds. The molecule has 0 nitrogen and oxygen atoms in total. The Morgan fingerprint density at radius 3 is 2.00 bits per heavy atom. The summed E-state index contributed by atoms with van der Waals surface area (Å²) in [5, 5.41) is 1.27. The summed E-state index contributed by atoms with van der Waals surface area (Å²) in [6.45, 7) is 4.35. The van der Waals surface area contributed by atoms with Gasteiger partial charge in [-0.2, -0.15) is 0 Å². The Morgan fingerprint density at radius 1 is 0.875 bits per heavy atom. The van der Waals surface area contributed by atoms with Gasteiger partial charge in [-0.3, -0.25) is 0 Å². The van der Waals surface area contributed by atoms with E-state index in [0.717, 1.165) is 0 Å². The quantitative estimate of drug-likeness (QED) is 0.542. The first kappa shape index (κ1) is 12.1. The molecule has 2 aromatic carbocycles. The first-order valence-electron chi connectivity index (χ1n) is 5.22. The maximum atomic E-state index is 2.84. The van der Waals surface area contributed by atoms with Crippen molar-refractivity contribution in [3.63, 3.8) is 0 Å². The molecule has 0 spiro atoms. The van der Waals surface area contributed by atoms with Gasteiger partial charge < -0.3 is 0 Å². The first-order chi connectivity index (χ1) is 7.61. The highest BCUT2D eigenvalue weighted by molar-refractivity contribution is 14.1. The van der Waals surface area contributed by atoms with Crippen molar-refractivity contribution in [2.45, 2.75) is 13.8 Å². The molecule has 1 unspecified atom stereocenters. The van der Waals surface area contributed by atoms with Gasteiger partial charge in [-0.05, 0) is 70.1 Å². The number of hydrogen-bond acceptors (Lipinski definition) is 0. The van der Waals surface area contributed by atoms with Gasteiger partial charge in [0.05, 0.1) is 0 Å². The minimum absolute atomic E-state index is 1.27. The van der Waals surface area contributed by atoms with E-state index in [2.05, 4.69) is 82.1 Å². The molecule has 16 heavy (non-hydrogen) atoms. The second kappa shape index (κ2) is 4.85. The van der Waals surface area contributed by atoms with Crippen LogP contribution in [0.2, 0.25) is 0 Å². The largest absolute Gasteiger partial charge is 0.105 e. The zero-order valence-electron chi connectivity index (χ0n) is 9.42. The second-order valence-electron chi connectivity index (χ2n) is 3.97. The highest BCUT2D eigenvalue weighted by Crippen LogP contribution is 2.30. The third-order valence-corrected chi connectivity index (χ3v) is 4.16. The summed E-state index contributed by atoms with van der Waals surface area (Å²) >= 11 is 2.41. The van der Waals surface area contributed by atoms with E-state index in [-0.39, 0.29) is 0 Å². The third-order valence-electron chi connectivity index (χ3n) is 2.78. The fraction of sp³-hybridized carbons (Fsp3) is 0.143. The Morgan fingerprint density at radius 2 is 1.44 bits per heavy atom. The van der Waals surface area contributed by atoms with Crippen LogP contribution in [0.3, 0.4) is 0 Å². The molecule has 0 fully saturated rings. The molecule has 0 aromatic heterocycles. The molecule has 0 N–H and O–H groups in total. The van der Waals surface area contributed by atoms with Crippen molar-refractivity contribution < 1.29 is 0 Å². The van der Waals surface area contributed by atoms with Gasteiger partial charge in [0.15, 0.2) is 0 Å². The molecule has 0 heterocycles. The van der Waals surface area contributed by atoms with E-state index in [0.29, 0.717) is 0 Å². The zero-order chi connectivity index (χ0) is 11.7. The molecule has 82 valence electrons. The van der Waals surface area contributed by atoms with Crippen LogP contribution in [0.25, 0.3) is 11.1 Å². The number of halogens is 1. The number of aryl methyl sites for hydroxylation is 2. The lowest BCUT2D eigenvalue weighted by molar-refractivity contribution is 1.40. The van der Waals surface area contributed by atoms with E-state index in [1.807, 2.05) is 0 Å². The Kier molecular flexibility index (Phi) is 3.66. The van der Waals surface area contributed by atoms with Crippen LogP contribution in [-0.4, -0.2) is 0 Å². The van der Waals surface area contributed by atoms with Crippen molar-refractivity contribution >= 4 is 37.1 Å². The van der Waals surface area contributed by atoms with Crippen LogP contribution in [0.4, 0.5) is 0 Å². The van der Waals surface area contributed by atoms with Crippen molar-refractivity contribution in [3.05, 3.63) is 51.1 Å². The van der Waals surface area contributed by atoms with Gasteiger partial charge in [0.25, 0.3) is 0 Å². The summed E-state index contributed by atoms with van der Waals surface area (Å²) in [4.78, 5) is 0. The van der Waals surface area contributed by atoms with Crippen LogP contribution in [0.1, 0.15) is 11.1 Å². The molecule has 1 atom stereocenters. The molecule has 0 aliphatic carbocycles. The fourth-order valence-electron chi connectivity index (χ4n) is 1.98. The summed E-state index contributed by atoms with van der Waals surface area (Å²) in [7, 11) is 2.84. The highest BCUT2D eigenvalue weighted by Gasteiger charge is 2.10. The van der Waals surface area contributed by atoms with Gasteiger partial charge in [-0.25, -0.2) is 0 Å². The minimum atomic E-state index is 1.27. The van der Waals surface area contributed by atoms with Gasteiger partial charge in [0, 0.05) is 3.57 Å². The van der Waals surface area contributed by atoms with Crippen molar-refractivity contribution in [1.29, 1.82) is 0 Å². The van der Waals surface area contributed by atoms with Gasteiger partial charge >= 0.3 is 0 Å². The van der Waals surface area contributed by atoms with E-state index in [1.54, 1.807) is 0 Å². The van der Waals surface area contributed by atoms with Crippen LogP contribution in [0, 0.1) is 17.4 Å². The molecule has 0 aliphatic rings. The molecule has 0 saturated heterocycles. The van der Waals surface area contributed by atoms with E-state index >= 15 is 0 Å². The van der Waals surface area contributed by atoms with E-state index < -0.39 is 0 Å². The summed E-state index contributed by atoms with van der Waals surface area (Å²) in [5.41, 5.74) is 5.39. The van der Waals surface area contributed by atoms with Crippen molar-refractivity contribution in [3.8, 4) is 11.1 Å². The predicted molar refractivity (Wildman–Crippen MR) is 83.4 cm³/mol. The SMILES string of the molecule is Cc1cccc(P)c1-c1c(C)cccc1I. The van der Waals surface area contributed by atoms with E-state index in [4.69, 9.17) is 0 Å². The van der Waals surface area contributed by atoms with Gasteiger partial charge in [-0.1, -0.05) is 30.3 Å². The van der Waals surface area contributed by atoms with Crippen molar-refractivity contribution in [2.75, 3.05) is 0 Å². The second-order valence-corrected chi connectivity index (χ2v) is 5.76. The lowest BCUT2D eigenvalue weighted by Crippen LogP contribution is -2.02. The van der Waals surface area contributed by atoms with E-state index in [1.165, 1.54) is 31.1 Å². The smallest absolute Gasteiger partial charge is 0.0211 e. The van der Waals surface area contributed by atoms with Crippen LogP contribution in [0.5, 0.6) is 0 Å². The molecular formula is C14H14IP. The van der Waals surface area contributed by atoms with Gasteiger partial charge in [0.2, 0.25) is 0 Å². The minimum Gasteiger partial charge on any atom is -0.105 e. The van der Waals surface area contributed by atoms with Gasteiger partial charge in [0.1, 0.15) is 0 Å². The van der Waals surface area contributed by atoms with Crippen LogP contribution in [0.15, 0.2) is 36.4 Å². The number of rotatable bonds is 1. The van der Waals surface area contributed by atoms with Crippen molar-refractivity contribution in [2.24, 2.45) is 0 Å². The van der Waals surface area contributed by atoms with Crippen LogP contribution in [-0.2, 0) is 0 Å². The third kappa shape index (κ3) is 2.16. The predicted octanol–water partition coefficient (Wildman–Crippen LogP) is 4.08. The molecule has 0 radical (unpaired) electrons. The highest BCUT2D eigenvalue weighted by atomic mass is 127. The monoisotopic (exact) mass is 340 g/mol. The van der Waals surface area contributed by atoms with Gasteiger partial charge in [-0.15, -0.1) is 9.24 Å². The summed E-state index contributed by atoms with van der Waals surface area (Å²) in [5.74, 6) is 0. The molecule has 2 rings (SSSR count). The molecule has 0 aliphatic heterocycles. The topological polar surface area (TPSA) is 0 Å². The maximum absolute atomic E-state index is 2.84. The Labute approximate surface area is 113 Å². The molecule has 0 bridgehead atoms. The summed E-state index contributed by atoms with van der Waals surface area (Å²) in [6, 6.07) is 12.9. The average Bonchev–Trinajstić information content (AvgIpc) is 2.21. The molecular weight excluding hydrogens is 326 g/mol. The fourth-order valence-corrected chi connectivity index (χ4v) is 3.37. The van der Waals surface area contributed by atoms with Crippen LogP contribution >= 0.6 is 31.8 Å². The normalized spacial score (nSPS) is 10.5. The molecule has 2 heteroatoms. The summed E-state index contributed by atoms with van der Waals surface area (Å²) in [6.07, 6.45) is 0. The van der Waals surface area contributed by atoms with Crippen LogP contribution < -0.4 is 5.30 Å². The Balaban J connectivity index is 2.77. The summed E-state index contributed by atoms with van der Waals surface area (Å²) < 4.78 is 1.32. The lowest BCUT2D eigenvalue weighted by Gasteiger charge is -2.14. The molecule has 2 aromatic rings.